The van der Waals surface area contributed by atoms with Crippen molar-refractivity contribution in [2.45, 2.75) is 12.3 Å². The molecule has 1 aromatic carbocycles. The average Bonchev–Trinajstić information content (AvgIpc) is 2.91. The quantitative estimate of drug-likeness (QED) is 0.844. The van der Waals surface area contributed by atoms with Crippen LogP contribution in [0.3, 0.4) is 0 Å². The third-order valence-corrected chi connectivity index (χ3v) is 3.90. The zero-order chi connectivity index (χ0) is 10.4. The van der Waals surface area contributed by atoms with Crippen LogP contribution in [0.25, 0.3) is 10.2 Å². The molecule has 1 saturated carbocycles. The number of carbonyl (C=O) groups is 1. The number of aliphatic carboxylic acids is 1. The Morgan fingerprint density at radius 2 is 2.27 bits per heavy atom. The minimum absolute atomic E-state index is 0.153. The molecular weight excluding hydrogens is 210 g/mol. The second kappa shape index (κ2) is 3.03. The second-order valence-corrected chi connectivity index (χ2v) is 4.87. The highest BCUT2D eigenvalue weighted by Gasteiger charge is 2.46. The third-order valence-electron chi connectivity index (χ3n) is 2.74. The number of rotatable bonds is 2. The van der Waals surface area contributed by atoms with E-state index in [0.717, 1.165) is 21.6 Å². The molecule has 1 aliphatic carbocycles. The van der Waals surface area contributed by atoms with Gasteiger partial charge in [-0.05, 0) is 18.6 Å². The Balaban J connectivity index is 1.97. The highest BCUT2D eigenvalue weighted by molar-refractivity contribution is 7.18. The molecule has 1 aromatic heterocycles. The van der Waals surface area contributed by atoms with Gasteiger partial charge < -0.3 is 5.11 Å². The summed E-state index contributed by atoms with van der Waals surface area (Å²) in [5.41, 5.74) is 0.980. The number of carboxylic acids is 1. The molecule has 0 spiro atoms. The summed E-state index contributed by atoms with van der Waals surface area (Å²) in [6.45, 7) is 0. The zero-order valence-corrected chi connectivity index (χ0v) is 8.70. The first-order valence-corrected chi connectivity index (χ1v) is 5.65. The van der Waals surface area contributed by atoms with Crippen molar-refractivity contribution in [2.24, 2.45) is 5.92 Å². The number of fused-ring (bicyclic) bond motifs is 1. The maximum atomic E-state index is 10.7. The van der Waals surface area contributed by atoms with Gasteiger partial charge in [0.15, 0.2) is 0 Å². The van der Waals surface area contributed by atoms with Crippen LogP contribution in [0, 0.1) is 5.92 Å². The van der Waals surface area contributed by atoms with Crippen LogP contribution in [0.1, 0.15) is 17.3 Å². The number of hydrogen-bond acceptors (Lipinski definition) is 3. The highest BCUT2D eigenvalue weighted by Crippen LogP contribution is 2.49. The van der Waals surface area contributed by atoms with E-state index in [2.05, 4.69) is 4.98 Å². The summed E-state index contributed by atoms with van der Waals surface area (Å²) >= 11 is 1.61. The summed E-state index contributed by atoms with van der Waals surface area (Å²) in [6.07, 6.45) is 0.745. The molecule has 4 heteroatoms. The van der Waals surface area contributed by atoms with E-state index < -0.39 is 5.97 Å². The Bertz CT molecular complexity index is 501. The molecule has 1 heterocycles. The number of thiazole rings is 1. The molecule has 0 unspecified atom stereocenters. The number of para-hydroxylation sites is 1. The van der Waals surface area contributed by atoms with Crippen molar-refractivity contribution in [3.8, 4) is 0 Å². The van der Waals surface area contributed by atoms with Gasteiger partial charge in [0.1, 0.15) is 0 Å². The van der Waals surface area contributed by atoms with Gasteiger partial charge in [-0.3, -0.25) is 4.79 Å². The van der Waals surface area contributed by atoms with Crippen LogP contribution in [0.4, 0.5) is 0 Å². The number of aromatic nitrogens is 1. The number of benzene rings is 1. The van der Waals surface area contributed by atoms with Gasteiger partial charge in [0.05, 0.1) is 21.1 Å². The van der Waals surface area contributed by atoms with Gasteiger partial charge in [0.2, 0.25) is 0 Å². The maximum Gasteiger partial charge on any atom is 0.307 e. The standard InChI is InChI=1S/C11H9NO2S/c13-11(14)7-5-6(7)10-12-8-3-1-2-4-9(8)15-10/h1-4,6-7H,5H2,(H,13,14)/t6-,7-/m1/s1. The Morgan fingerprint density at radius 3 is 2.93 bits per heavy atom. The van der Waals surface area contributed by atoms with E-state index in [4.69, 9.17) is 5.11 Å². The van der Waals surface area contributed by atoms with E-state index in [1.54, 1.807) is 11.3 Å². The zero-order valence-electron chi connectivity index (χ0n) is 7.88. The SMILES string of the molecule is O=C(O)[C@@H]1C[C@H]1c1nc2ccccc2s1. The van der Waals surface area contributed by atoms with E-state index >= 15 is 0 Å². The van der Waals surface area contributed by atoms with Crippen molar-refractivity contribution in [3.05, 3.63) is 29.3 Å². The Hall–Kier alpha value is -1.42. The minimum Gasteiger partial charge on any atom is -0.481 e. The summed E-state index contributed by atoms with van der Waals surface area (Å²) in [6, 6.07) is 7.92. The lowest BCUT2D eigenvalue weighted by Crippen LogP contribution is -1.98. The van der Waals surface area contributed by atoms with Gasteiger partial charge in [-0.2, -0.15) is 0 Å². The predicted molar refractivity (Wildman–Crippen MR) is 58.1 cm³/mol. The Kier molecular flexibility index (Phi) is 1.79. The summed E-state index contributed by atoms with van der Waals surface area (Å²) in [5.74, 6) is -0.746. The summed E-state index contributed by atoms with van der Waals surface area (Å²) in [4.78, 5) is 15.2. The van der Waals surface area contributed by atoms with Gasteiger partial charge in [0.25, 0.3) is 0 Å². The summed E-state index contributed by atoms with van der Waals surface area (Å²) in [7, 11) is 0. The van der Waals surface area contributed by atoms with Crippen LogP contribution < -0.4 is 0 Å². The number of nitrogens with zero attached hydrogens (tertiary/aromatic N) is 1. The number of hydrogen-bond donors (Lipinski definition) is 1. The molecule has 2 aromatic rings. The largest absolute Gasteiger partial charge is 0.481 e. The highest BCUT2D eigenvalue weighted by atomic mass is 32.1. The van der Waals surface area contributed by atoms with Crippen molar-refractivity contribution in [3.63, 3.8) is 0 Å². The van der Waals surface area contributed by atoms with Crippen molar-refractivity contribution < 1.29 is 9.90 Å². The molecule has 0 aliphatic heterocycles. The first-order valence-electron chi connectivity index (χ1n) is 4.84. The molecule has 3 nitrogen and oxygen atoms in total. The van der Waals surface area contributed by atoms with Crippen molar-refractivity contribution >= 4 is 27.5 Å². The Morgan fingerprint density at radius 1 is 1.47 bits per heavy atom. The fraction of sp³-hybridized carbons (Fsp3) is 0.273. The minimum atomic E-state index is -0.695. The van der Waals surface area contributed by atoms with Crippen LogP contribution in [0.5, 0.6) is 0 Å². The van der Waals surface area contributed by atoms with E-state index in [1.807, 2.05) is 24.3 Å². The van der Waals surface area contributed by atoms with Gasteiger partial charge >= 0.3 is 5.97 Å². The van der Waals surface area contributed by atoms with Crippen molar-refractivity contribution in [1.82, 2.24) is 4.98 Å². The molecule has 0 radical (unpaired) electrons. The monoisotopic (exact) mass is 219 g/mol. The molecule has 1 aliphatic rings. The average molecular weight is 219 g/mol. The van der Waals surface area contributed by atoms with Crippen LogP contribution in [0.2, 0.25) is 0 Å². The van der Waals surface area contributed by atoms with Crippen LogP contribution in [0.15, 0.2) is 24.3 Å². The predicted octanol–water partition coefficient (Wildman–Crippen LogP) is 2.48. The molecule has 3 rings (SSSR count). The van der Waals surface area contributed by atoms with Crippen LogP contribution in [-0.4, -0.2) is 16.1 Å². The number of carboxylic acid groups (broad SMARTS) is 1. The summed E-state index contributed by atoms with van der Waals surface area (Å²) in [5, 5.41) is 9.81. The second-order valence-electron chi connectivity index (χ2n) is 3.81. The summed E-state index contributed by atoms with van der Waals surface area (Å²) < 4.78 is 1.14. The lowest BCUT2D eigenvalue weighted by Gasteiger charge is -1.88. The van der Waals surface area contributed by atoms with Crippen LogP contribution >= 0.6 is 11.3 Å². The molecule has 1 fully saturated rings. The molecule has 1 N–H and O–H groups in total. The van der Waals surface area contributed by atoms with E-state index in [1.165, 1.54) is 0 Å². The first-order chi connectivity index (χ1) is 7.25. The molecule has 0 saturated heterocycles. The van der Waals surface area contributed by atoms with Crippen molar-refractivity contribution in [1.29, 1.82) is 0 Å². The van der Waals surface area contributed by atoms with Gasteiger partial charge in [-0.1, -0.05) is 12.1 Å². The van der Waals surface area contributed by atoms with Crippen LogP contribution in [-0.2, 0) is 4.79 Å². The fourth-order valence-electron chi connectivity index (χ4n) is 1.79. The first kappa shape index (κ1) is 8.85. The van der Waals surface area contributed by atoms with E-state index in [9.17, 15) is 4.79 Å². The topological polar surface area (TPSA) is 50.2 Å². The van der Waals surface area contributed by atoms with Gasteiger partial charge in [0, 0.05) is 5.92 Å². The molecule has 2 atom stereocenters. The maximum absolute atomic E-state index is 10.7. The lowest BCUT2D eigenvalue weighted by molar-refractivity contribution is -0.138. The Labute approximate surface area is 90.4 Å². The molecule has 15 heavy (non-hydrogen) atoms. The fourth-order valence-corrected chi connectivity index (χ4v) is 2.94. The molecule has 0 amide bonds. The van der Waals surface area contributed by atoms with E-state index in [0.29, 0.717) is 0 Å². The third kappa shape index (κ3) is 1.41. The van der Waals surface area contributed by atoms with Gasteiger partial charge in [-0.25, -0.2) is 4.98 Å². The molecule has 76 valence electrons. The van der Waals surface area contributed by atoms with Gasteiger partial charge in [-0.15, -0.1) is 11.3 Å². The smallest absolute Gasteiger partial charge is 0.307 e. The normalized spacial score (nSPS) is 24.3. The lowest BCUT2D eigenvalue weighted by atomic mass is 10.3. The van der Waals surface area contributed by atoms with E-state index in [-0.39, 0.29) is 11.8 Å². The van der Waals surface area contributed by atoms with Crippen molar-refractivity contribution in [2.75, 3.05) is 0 Å². The molecular formula is C11H9NO2S. The molecule has 0 bridgehead atoms.